The number of hydrogen-bond donors (Lipinski definition) is 1. The number of ether oxygens (including phenoxy) is 1. The Balaban J connectivity index is 2.57. The van der Waals surface area contributed by atoms with Crippen molar-refractivity contribution in [1.29, 1.82) is 0 Å². The van der Waals surface area contributed by atoms with Crippen molar-refractivity contribution >= 4 is 11.9 Å². The maximum Gasteiger partial charge on any atom is 0.309 e. The van der Waals surface area contributed by atoms with E-state index in [1.165, 1.54) is 0 Å². The van der Waals surface area contributed by atoms with Crippen LogP contribution in [0.3, 0.4) is 0 Å². The Bertz CT molecular complexity index is 268. The summed E-state index contributed by atoms with van der Waals surface area (Å²) in [7, 11) is 0. The Hall–Kier alpha value is -1.06. The van der Waals surface area contributed by atoms with Crippen LogP contribution in [-0.4, -0.2) is 23.7 Å². The highest BCUT2D eigenvalue weighted by Gasteiger charge is 2.45. The Morgan fingerprint density at radius 2 is 2.06 bits per heavy atom. The number of carbonyl (C=O) groups excluding carboxylic acids is 1. The van der Waals surface area contributed by atoms with E-state index in [1.807, 2.05) is 6.92 Å². The molecule has 0 bridgehead atoms. The minimum atomic E-state index is -0.790. The summed E-state index contributed by atoms with van der Waals surface area (Å²) in [5.41, 5.74) is -0.120. The molecule has 0 saturated heterocycles. The Morgan fingerprint density at radius 3 is 2.44 bits per heavy atom. The van der Waals surface area contributed by atoms with Gasteiger partial charge in [-0.25, -0.2) is 0 Å². The predicted molar refractivity (Wildman–Crippen MR) is 59.0 cm³/mol. The zero-order valence-electron chi connectivity index (χ0n) is 9.99. The molecule has 16 heavy (non-hydrogen) atoms. The number of hydrogen-bond acceptors (Lipinski definition) is 3. The van der Waals surface area contributed by atoms with Crippen LogP contribution in [0.25, 0.3) is 0 Å². The summed E-state index contributed by atoms with van der Waals surface area (Å²) in [6.45, 7) is 4.03. The summed E-state index contributed by atoms with van der Waals surface area (Å²) in [4.78, 5) is 22.2. The molecule has 1 fully saturated rings. The largest absolute Gasteiger partial charge is 0.481 e. The van der Waals surface area contributed by atoms with Crippen molar-refractivity contribution in [2.75, 3.05) is 6.61 Å². The molecule has 1 aliphatic rings. The van der Waals surface area contributed by atoms with Crippen molar-refractivity contribution in [1.82, 2.24) is 0 Å². The smallest absolute Gasteiger partial charge is 0.309 e. The normalized spacial score (nSPS) is 19.6. The van der Waals surface area contributed by atoms with Gasteiger partial charge in [-0.2, -0.15) is 0 Å². The zero-order valence-corrected chi connectivity index (χ0v) is 9.99. The number of rotatable bonds is 6. The molecule has 0 heterocycles. The molecule has 1 aliphatic carbocycles. The number of carboxylic acid groups (broad SMARTS) is 1. The molecular formula is C12H20O4. The molecule has 4 heteroatoms. The maximum absolute atomic E-state index is 11.7. The van der Waals surface area contributed by atoms with E-state index in [0.717, 1.165) is 19.3 Å². The van der Waals surface area contributed by atoms with Gasteiger partial charge in [0.25, 0.3) is 0 Å². The highest BCUT2D eigenvalue weighted by Crippen LogP contribution is 2.50. The highest BCUT2D eigenvalue weighted by molar-refractivity contribution is 5.73. The van der Waals surface area contributed by atoms with Crippen LogP contribution in [0.15, 0.2) is 0 Å². The summed E-state index contributed by atoms with van der Waals surface area (Å²) in [5, 5.41) is 8.70. The van der Waals surface area contributed by atoms with Crippen LogP contribution >= 0.6 is 0 Å². The average Bonchev–Trinajstić information content (AvgIpc) is 2.15. The zero-order chi connectivity index (χ0) is 12.2. The van der Waals surface area contributed by atoms with Crippen molar-refractivity contribution in [2.45, 2.75) is 46.0 Å². The van der Waals surface area contributed by atoms with Gasteiger partial charge >= 0.3 is 11.9 Å². The molecule has 0 aromatic carbocycles. The van der Waals surface area contributed by atoms with E-state index in [2.05, 4.69) is 0 Å². The van der Waals surface area contributed by atoms with Crippen LogP contribution in [0.4, 0.5) is 0 Å². The first-order chi connectivity index (χ1) is 7.52. The summed E-state index contributed by atoms with van der Waals surface area (Å²) in [5.74, 6) is -1.16. The van der Waals surface area contributed by atoms with Gasteiger partial charge in [0.15, 0.2) is 0 Å². The number of aliphatic carboxylic acids is 1. The van der Waals surface area contributed by atoms with E-state index in [0.29, 0.717) is 13.0 Å². The monoisotopic (exact) mass is 228 g/mol. The van der Waals surface area contributed by atoms with Gasteiger partial charge < -0.3 is 9.84 Å². The first-order valence-electron chi connectivity index (χ1n) is 5.90. The molecule has 1 unspecified atom stereocenters. The molecule has 1 N–H and O–H groups in total. The standard InChI is InChI=1S/C12H20O4/c1-3-16-11(15)9(2)12(6-4-7-12)8-5-10(13)14/h9H,3-8H2,1-2H3,(H,13,14). The van der Waals surface area contributed by atoms with Gasteiger partial charge in [-0.1, -0.05) is 13.3 Å². The van der Waals surface area contributed by atoms with Gasteiger partial charge in [0.05, 0.1) is 12.5 Å². The quantitative estimate of drug-likeness (QED) is 0.708. The summed E-state index contributed by atoms with van der Waals surface area (Å²) >= 11 is 0. The second kappa shape index (κ2) is 5.32. The Labute approximate surface area is 96.0 Å². The molecule has 0 aromatic heterocycles. The lowest BCUT2D eigenvalue weighted by atomic mass is 9.59. The molecule has 1 rings (SSSR count). The third-order valence-electron chi connectivity index (χ3n) is 3.74. The fourth-order valence-corrected chi connectivity index (χ4v) is 2.40. The van der Waals surface area contributed by atoms with Gasteiger partial charge in [-0.15, -0.1) is 0 Å². The van der Waals surface area contributed by atoms with E-state index in [9.17, 15) is 9.59 Å². The van der Waals surface area contributed by atoms with Crippen molar-refractivity contribution < 1.29 is 19.4 Å². The number of esters is 1. The van der Waals surface area contributed by atoms with Crippen molar-refractivity contribution in [3.05, 3.63) is 0 Å². The van der Waals surface area contributed by atoms with E-state index in [1.54, 1.807) is 6.92 Å². The molecule has 4 nitrogen and oxygen atoms in total. The lowest BCUT2D eigenvalue weighted by Crippen LogP contribution is -2.41. The second-order valence-corrected chi connectivity index (χ2v) is 4.58. The van der Waals surface area contributed by atoms with Crippen LogP contribution in [0.2, 0.25) is 0 Å². The van der Waals surface area contributed by atoms with E-state index in [4.69, 9.17) is 9.84 Å². The molecule has 92 valence electrons. The van der Waals surface area contributed by atoms with Crippen molar-refractivity contribution in [2.24, 2.45) is 11.3 Å². The molecule has 1 saturated carbocycles. The van der Waals surface area contributed by atoms with Crippen LogP contribution in [0, 0.1) is 11.3 Å². The van der Waals surface area contributed by atoms with Gasteiger partial charge in [0.2, 0.25) is 0 Å². The van der Waals surface area contributed by atoms with Crippen LogP contribution in [-0.2, 0) is 14.3 Å². The maximum atomic E-state index is 11.7. The second-order valence-electron chi connectivity index (χ2n) is 4.58. The van der Waals surface area contributed by atoms with E-state index >= 15 is 0 Å². The molecule has 0 aliphatic heterocycles. The fourth-order valence-electron chi connectivity index (χ4n) is 2.40. The first kappa shape index (κ1) is 13.0. The van der Waals surface area contributed by atoms with Gasteiger partial charge in [-0.05, 0) is 31.6 Å². The minimum Gasteiger partial charge on any atom is -0.481 e. The summed E-state index contributed by atoms with van der Waals surface area (Å²) in [6.07, 6.45) is 3.70. The lowest BCUT2D eigenvalue weighted by Gasteiger charge is -2.45. The highest BCUT2D eigenvalue weighted by atomic mass is 16.5. The molecule has 0 radical (unpaired) electrons. The van der Waals surface area contributed by atoms with Crippen molar-refractivity contribution in [3.8, 4) is 0 Å². The van der Waals surface area contributed by atoms with E-state index < -0.39 is 5.97 Å². The minimum absolute atomic E-state index is 0.120. The average molecular weight is 228 g/mol. The third-order valence-corrected chi connectivity index (χ3v) is 3.74. The fraction of sp³-hybridized carbons (Fsp3) is 0.833. The predicted octanol–water partition coefficient (Wildman–Crippen LogP) is 2.22. The van der Waals surface area contributed by atoms with Gasteiger partial charge in [-0.3, -0.25) is 9.59 Å². The van der Waals surface area contributed by atoms with Crippen LogP contribution < -0.4 is 0 Å². The number of carbonyl (C=O) groups is 2. The topological polar surface area (TPSA) is 63.6 Å². The first-order valence-corrected chi connectivity index (χ1v) is 5.90. The molecule has 0 aromatic rings. The lowest BCUT2D eigenvalue weighted by molar-refractivity contribution is -0.156. The Kier molecular flexibility index (Phi) is 4.33. The van der Waals surface area contributed by atoms with Crippen LogP contribution in [0.5, 0.6) is 0 Å². The summed E-state index contributed by atoms with van der Waals surface area (Å²) in [6, 6.07) is 0. The summed E-state index contributed by atoms with van der Waals surface area (Å²) < 4.78 is 5.01. The number of carboxylic acids is 1. The molecule has 0 amide bonds. The Morgan fingerprint density at radius 1 is 1.44 bits per heavy atom. The van der Waals surface area contributed by atoms with Gasteiger partial charge in [0, 0.05) is 6.42 Å². The van der Waals surface area contributed by atoms with Crippen molar-refractivity contribution in [3.63, 3.8) is 0 Å². The van der Waals surface area contributed by atoms with Gasteiger partial charge in [0.1, 0.15) is 0 Å². The third kappa shape index (κ3) is 2.74. The van der Waals surface area contributed by atoms with Crippen LogP contribution in [0.1, 0.15) is 46.0 Å². The molecular weight excluding hydrogens is 208 g/mol. The molecule has 0 spiro atoms. The molecule has 1 atom stereocenters. The van der Waals surface area contributed by atoms with E-state index in [-0.39, 0.29) is 23.7 Å². The SMILES string of the molecule is CCOC(=O)C(C)C1(CCC(=O)O)CCC1.